The van der Waals surface area contributed by atoms with Crippen LogP contribution in [0.4, 0.5) is 10.1 Å². The van der Waals surface area contributed by atoms with Gasteiger partial charge in [-0.1, -0.05) is 6.92 Å². The van der Waals surface area contributed by atoms with Crippen LogP contribution in [-0.2, 0) is 9.59 Å². The molecular formula is C12H14FNO4. The molecule has 1 rings (SSSR count). The molecule has 0 saturated carbocycles. The fourth-order valence-electron chi connectivity index (χ4n) is 1.49. The third-order valence-electron chi connectivity index (χ3n) is 2.43. The molecule has 6 heteroatoms. The third-order valence-corrected chi connectivity index (χ3v) is 2.43. The standard InChI is InChI=1S/C12H14FNO4/c1-8(12(17)18)6-14(7-11(15)16)10-4-2-9(13)3-5-10/h2-5,8H,6-7H2,1H3,(H,15,16)(H,17,18). The van der Waals surface area contributed by atoms with E-state index >= 15 is 0 Å². The van der Waals surface area contributed by atoms with E-state index in [0.29, 0.717) is 5.69 Å². The second kappa shape index (κ2) is 6.00. The number of aliphatic carboxylic acids is 2. The molecule has 0 radical (unpaired) electrons. The first-order valence-electron chi connectivity index (χ1n) is 5.35. The molecule has 2 N–H and O–H groups in total. The molecule has 0 aliphatic carbocycles. The van der Waals surface area contributed by atoms with Crippen LogP contribution in [0, 0.1) is 11.7 Å². The van der Waals surface area contributed by atoms with Gasteiger partial charge in [-0.3, -0.25) is 9.59 Å². The van der Waals surface area contributed by atoms with E-state index in [9.17, 15) is 14.0 Å². The first-order valence-corrected chi connectivity index (χ1v) is 5.35. The normalized spacial score (nSPS) is 11.9. The first-order chi connectivity index (χ1) is 8.40. The summed E-state index contributed by atoms with van der Waals surface area (Å²) < 4.78 is 12.8. The number of halogens is 1. The molecule has 0 fully saturated rings. The lowest BCUT2D eigenvalue weighted by molar-refractivity contribution is -0.141. The maximum absolute atomic E-state index is 12.8. The zero-order valence-corrected chi connectivity index (χ0v) is 9.84. The Morgan fingerprint density at radius 2 is 1.83 bits per heavy atom. The van der Waals surface area contributed by atoms with Gasteiger partial charge in [0.25, 0.3) is 0 Å². The van der Waals surface area contributed by atoms with Crippen molar-refractivity contribution in [3.63, 3.8) is 0 Å². The summed E-state index contributed by atoms with van der Waals surface area (Å²) in [6.45, 7) is 1.21. The van der Waals surface area contributed by atoms with Gasteiger partial charge >= 0.3 is 11.9 Å². The smallest absolute Gasteiger partial charge is 0.323 e. The molecule has 0 saturated heterocycles. The van der Waals surface area contributed by atoms with Gasteiger partial charge in [0.05, 0.1) is 5.92 Å². The van der Waals surface area contributed by atoms with E-state index in [1.54, 1.807) is 0 Å². The van der Waals surface area contributed by atoms with Crippen LogP contribution in [0.1, 0.15) is 6.92 Å². The number of hydrogen-bond acceptors (Lipinski definition) is 3. The number of nitrogens with zero attached hydrogens (tertiary/aromatic N) is 1. The summed E-state index contributed by atoms with van der Waals surface area (Å²) in [6.07, 6.45) is 0. The van der Waals surface area contributed by atoms with Gasteiger partial charge < -0.3 is 15.1 Å². The van der Waals surface area contributed by atoms with E-state index < -0.39 is 23.7 Å². The summed E-state index contributed by atoms with van der Waals surface area (Å²) >= 11 is 0. The molecule has 0 aliphatic rings. The topological polar surface area (TPSA) is 77.8 Å². The minimum absolute atomic E-state index is 0.0489. The Morgan fingerprint density at radius 1 is 1.28 bits per heavy atom. The Morgan fingerprint density at radius 3 is 2.28 bits per heavy atom. The van der Waals surface area contributed by atoms with Crippen LogP contribution in [0.5, 0.6) is 0 Å². The molecule has 0 aliphatic heterocycles. The highest BCUT2D eigenvalue weighted by Crippen LogP contribution is 2.16. The van der Waals surface area contributed by atoms with E-state index in [1.165, 1.54) is 36.1 Å². The van der Waals surface area contributed by atoms with Crippen molar-refractivity contribution in [1.82, 2.24) is 0 Å². The summed E-state index contributed by atoms with van der Waals surface area (Å²) in [7, 11) is 0. The Balaban J connectivity index is 2.87. The predicted molar refractivity (Wildman–Crippen MR) is 63.0 cm³/mol. The van der Waals surface area contributed by atoms with Crippen LogP contribution < -0.4 is 4.90 Å². The SMILES string of the molecule is CC(CN(CC(=O)O)c1ccc(F)cc1)C(=O)O. The Kier molecular flexibility index (Phi) is 4.65. The van der Waals surface area contributed by atoms with Gasteiger partial charge in [0.15, 0.2) is 0 Å². The van der Waals surface area contributed by atoms with Crippen LogP contribution in [0.15, 0.2) is 24.3 Å². The molecule has 1 aromatic carbocycles. The van der Waals surface area contributed by atoms with Crippen molar-refractivity contribution in [2.24, 2.45) is 5.92 Å². The van der Waals surface area contributed by atoms with Gasteiger partial charge in [-0.15, -0.1) is 0 Å². The van der Waals surface area contributed by atoms with Gasteiger partial charge in [0, 0.05) is 12.2 Å². The van der Waals surface area contributed by atoms with Crippen molar-refractivity contribution >= 4 is 17.6 Å². The number of benzene rings is 1. The largest absolute Gasteiger partial charge is 0.481 e. The van der Waals surface area contributed by atoms with Crippen LogP contribution in [-0.4, -0.2) is 35.2 Å². The Bertz CT molecular complexity index is 432. The van der Waals surface area contributed by atoms with Crippen molar-refractivity contribution in [2.75, 3.05) is 18.0 Å². The molecule has 1 atom stereocenters. The highest BCUT2D eigenvalue weighted by Gasteiger charge is 2.18. The number of carboxylic acid groups (broad SMARTS) is 2. The zero-order valence-electron chi connectivity index (χ0n) is 9.84. The summed E-state index contributed by atoms with van der Waals surface area (Å²) in [6, 6.07) is 5.25. The monoisotopic (exact) mass is 255 g/mol. The minimum atomic E-state index is -1.07. The Hall–Kier alpha value is -2.11. The van der Waals surface area contributed by atoms with Crippen LogP contribution >= 0.6 is 0 Å². The predicted octanol–water partition coefficient (Wildman–Crippen LogP) is 1.44. The highest BCUT2D eigenvalue weighted by molar-refractivity contribution is 5.75. The van der Waals surface area contributed by atoms with E-state index in [1.807, 2.05) is 0 Å². The fraction of sp³-hybridized carbons (Fsp3) is 0.333. The lowest BCUT2D eigenvalue weighted by atomic mass is 10.1. The van der Waals surface area contributed by atoms with Crippen molar-refractivity contribution in [1.29, 1.82) is 0 Å². The van der Waals surface area contributed by atoms with E-state index in [-0.39, 0.29) is 13.1 Å². The molecule has 5 nitrogen and oxygen atoms in total. The molecule has 1 aromatic rings. The molecular weight excluding hydrogens is 241 g/mol. The van der Waals surface area contributed by atoms with Crippen molar-refractivity contribution in [3.05, 3.63) is 30.1 Å². The van der Waals surface area contributed by atoms with E-state index in [2.05, 4.69) is 0 Å². The quantitative estimate of drug-likeness (QED) is 0.804. The minimum Gasteiger partial charge on any atom is -0.481 e. The number of carbonyl (C=O) groups is 2. The third kappa shape index (κ3) is 4.04. The highest BCUT2D eigenvalue weighted by atomic mass is 19.1. The molecule has 1 unspecified atom stereocenters. The van der Waals surface area contributed by atoms with Crippen molar-refractivity contribution in [2.45, 2.75) is 6.92 Å². The molecule has 0 heterocycles. The number of hydrogen-bond donors (Lipinski definition) is 2. The van der Waals surface area contributed by atoms with Gasteiger partial charge in [-0.25, -0.2) is 4.39 Å². The van der Waals surface area contributed by atoms with Crippen LogP contribution in [0.25, 0.3) is 0 Å². The van der Waals surface area contributed by atoms with Crippen LogP contribution in [0.2, 0.25) is 0 Å². The second-order valence-electron chi connectivity index (χ2n) is 3.99. The summed E-state index contributed by atoms with van der Waals surface area (Å²) in [5.74, 6) is -3.22. The molecule has 0 aromatic heterocycles. The summed E-state index contributed by atoms with van der Waals surface area (Å²) in [5.41, 5.74) is 0.479. The van der Waals surface area contributed by atoms with E-state index in [4.69, 9.17) is 10.2 Å². The van der Waals surface area contributed by atoms with Crippen molar-refractivity contribution < 1.29 is 24.2 Å². The molecule has 0 spiro atoms. The average Bonchev–Trinajstić information content (AvgIpc) is 2.28. The fourth-order valence-corrected chi connectivity index (χ4v) is 1.49. The number of carboxylic acids is 2. The number of rotatable bonds is 6. The summed E-state index contributed by atoms with van der Waals surface area (Å²) in [5, 5.41) is 17.6. The molecule has 0 amide bonds. The molecule has 0 bridgehead atoms. The second-order valence-corrected chi connectivity index (χ2v) is 3.99. The maximum Gasteiger partial charge on any atom is 0.323 e. The van der Waals surface area contributed by atoms with Gasteiger partial charge in [0.2, 0.25) is 0 Å². The number of anilines is 1. The van der Waals surface area contributed by atoms with Crippen molar-refractivity contribution in [3.8, 4) is 0 Å². The average molecular weight is 255 g/mol. The lowest BCUT2D eigenvalue weighted by Gasteiger charge is -2.24. The van der Waals surface area contributed by atoms with Gasteiger partial charge in [-0.2, -0.15) is 0 Å². The maximum atomic E-state index is 12.8. The zero-order chi connectivity index (χ0) is 13.7. The molecule has 98 valence electrons. The lowest BCUT2D eigenvalue weighted by Crippen LogP contribution is -2.35. The van der Waals surface area contributed by atoms with Gasteiger partial charge in [-0.05, 0) is 24.3 Å². The summed E-state index contributed by atoms with van der Waals surface area (Å²) in [4.78, 5) is 22.9. The first kappa shape index (κ1) is 14.0. The van der Waals surface area contributed by atoms with Crippen LogP contribution in [0.3, 0.4) is 0 Å². The van der Waals surface area contributed by atoms with E-state index in [0.717, 1.165) is 0 Å². The van der Waals surface area contributed by atoms with Gasteiger partial charge in [0.1, 0.15) is 12.4 Å². The molecule has 18 heavy (non-hydrogen) atoms. The Labute approximate surface area is 103 Å².